The summed E-state index contributed by atoms with van der Waals surface area (Å²) in [7, 11) is 1.60. The van der Waals surface area contributed by atoms with Gasteiger partial charge in [0.15, 0.2) is 11.5 Å². The summed E-state index contributed by atoms with van der Waals surface area (Å²) in [6, 6.07) is 13.1. The summed E-state index contributed by atoms with van der Waals surface area (Å²) >= 11 is 0. The Hall–Kier alpha value is -2.69. The number of urea groups is 1. The molecule has 0 saturated carbocycles. The zero-order chi connectivity index (χ0) is 18.9. The van der Waals surface area contributed by atoms with Crippen molar-refractivity contribution in [3.05, 3.63) is 53.6 Å². The van der Waals surface area contributed by atoms with E-state index in [4.69, 9.17) is 9.47 Å². The second-order valence-electron chi connectivity index (χ2n) is 6.30. The average molecular weight is 356 g/mol. The second kappa shape index (κ2) is 9.70. The molecule has 0 spiro atoms. The van der Waals surface area contributed by atoms with Crippen LogP contribution in [0.1, 0.15) is 43.9 Å². The summed E-state index contributed by atoms with van der Waals surface area (Å²) in [6.45, 7) is 6.72. The zero-order valence-corrected chi connectivity index (χ0v) is 16.0. The first-order chi connectivity index (χ1) is 12.5. The fourth-order valence-corrected chi connectivity index (χ4v) is 2.50. The molecule has 0 saturated heterocycles. The minimum absolute atomic E-state index is 0.0888. The Labute approximate surface area is 155 Å². The lowest BCUT2D eigenvalue weighted by Crippen LogP contribution is -2.31. The molecular formula is C21H28N2O3. The highest BCUT2D eigenvalue weighted by molar-refractivity contribution is 5.89. The Morgan fingerprint density at radius 1 is 1.12 bits per heavy atom. The highest BCUT2D eigenvalue weighted by atomic mass is 16.5. The summed E-state index contributed by atoms with van der Waals surface area (Å²) in [5, 5.41) is 5.79. The van der Waals surface area contributed by atoms with Crippen LogP contribution in [0.4, 0.5) is 10.5 Å². The van der Waals surface area contributed by atoms with Gasteiger partial charge < -0.3 is 20.1 Å². The van der Waals surface area contributed by atoms with Gasteiger partial charge in [-0.3, -0.25) is 0 Å². The van der Waals surface area contributed by atoms with Gasteiger partial charge in [0.2, 0.25) is 0 Å². The summed E-state index contributed by atoms with van der Waals surface area (Å²) in [4.78, 5) is 12.3. The SMILES string of the molecule is CCCCOc1cc(NC(=O)N[C@@H](C)c2ccc(C)cc2)ccc1OC. The Bertz CT molecular complexity index is 714. The Kier molecular flexibility index (Phi) is 7.33. The van der Waals surface area contributed by atoms with Crippen molar-refractivity contribution in [1.82, 2.24) is 5.32 Å². The largest absolute Gasteiger partial charge is 0.493 e. The summed E-state index contributed by atoms with van der Waals surface area (Å²) in [6.07, 6.45) is 2.02. The van der Waals surface area contributed by atoms with Crippen LogP contribution in [0.2, 0.25) is 0 Å². The normalized spacial score (nSPS) is 11.5. The zero-order valence-electron chi connectivity index (χ0n) is 16.0. The molecule has 2 rings (SSSR count). The van der Waals surface area contributed by atoms with Gasteiger partial charge in [0.05, 0.1) is 19.8 Å². The van der Waals surface area contributed by atoms with Crippen molar-refractivity contribution in [3.63, 3.8) is 0 Å². The predicted molar refractivity (Wildman–Crippen MR) is 105 cm³/mol. The highest BCUT2D eigenvalue weighted by Gasteiger charge is 2.11. The van der Waals surface area contributed by atoms with Crippen molar-refractivity contribution in [1.29, 1.82) is 0 Å². The second-order valence-corrected chi connectivity index (χ2v) is 6.30. The lowest BCUT2D eigenvalue weighted by Gasteiger charge is -2.16. The van der Waals surface area contributed by atoms with Gasteiger partial charge >= 0.3 is 6.03 Å². The number of methoxy groups -OCH3 is 1. The summed E-state index contributed by atoms with van der Waals surface area (Å²) < 4.78 is 11.1. The van der Waals surface area contributed by atoms with Gasteiger partial charge in [0, 0.05) is 11.8 Å². The van der Waals surface area contributed by atoms with Crippen LogP contribution >= 0.6 is 0 Å². The molecule has 0 aliphatic rings. The van der Waals surface area contributed by atoms with Gasteiger partial charge in [0.1, 0.15) is 0 Å². The van der Waals surface area contributed by atoms with Crippen molar-refractivity contribution >= 4 is 11.7 Å². The number of benzene rings is 2. The number of rotatable bonds is 8. The molecule has 0 bridgehead atoms. The van der Waals surface area contributed by atoms with Crippen LogP contribution in [0.5, 0.6) is 11.5 Å². The van der Waals surface area contributed by atoms with E-state index in [9.17, 15) is 4.79 Å². The molecule has 1 atom stereocenters. The van der Waals surface area contributed by atoms with Gasteiger partial charge in [-0.05, 0) is 38.0 Å². The van der Waals surface area contributed by atoms with Crippen molar-refractivity contribution in [2.75, 3.05) is 19.0 Å². The number of carbonyl (C=O) groups is 1. The van der Waals surface area contributed by atoms with E-state index in [1.807, 2.05) is 38.1 Å². The summed E-state index contributed by atoms with van der Waals surface area (Å²) in [5.41, 5.74) is 2.91. The monoisotopic (exact) mass is 356 g/mol. The molecule has 0 aliphatic carbocycles. The fourth-order valence-electron chi connectivity index (χ4n) is 2.50. The summed E-state index contributed by atoms with van der Waals surface area (Å²) in [5.74, 6) is 1.28. The molecule has 0 fully saturated rings. The van der Waals surface area contributed by atoms with Gasteiger partial charge in [-0.2, -0.15) is 0 Å². The highest BCUT2D eigenvalue weighted by Crippen LogP contribution is 2.30. The van der Waals surface area contributed by atoms with Crippen LogP contribution in [-0.2, 0) is 0 Å². The standard InChI is InChI=1S/C21H28N2O3/c1-5-6-13-26-20-14-18(11-12-19(20)25-4)23-21(24)22-16(3)17-9-7-15(2)8-10-17/h7-12,14,16H,5-6,13H2,1-4H3,(H2,22,23,24)/t16-/m0/s1. The van der Waals surface area contributed by atoms with Crippen molar-refractivity contribution in [2.24, 2.45) is 0 Å². The Balaban J connectivity index is 1.99. The van der Waals surface area contributed by atoms with E-state index in [1.54, 1.807) is 25.3 Å². The number of ether oxygens (including phenoxy) is 2. The first kappa shape index (κ1) is 19.6. The minimum Gasteiger partial charge on any atom is -0.493 e. The van der Waals surface area contributed by atoms with Crippen LogP contribution in [-0.4, -0.2) is 19.7 Å². The molecule has 0 heterocycles. The third-order valence-electron chi connectivity index (χ3n) is 4.10. The molecule has 5 heteroatoms. The van der Waals surface area contributed by atoms with Crippen LogP contribution in [0, 0.1) is 6.92 Å². The van der Waals surface area contributed by atoms with Crippen LogP contribution in [0.15, 0.2) is 42.5 Å². The molecule has 5 nitrogen and oxygen atoms in total. The minimum atomic E-state index is -0.261. The molecule has 26 heavy (non-hydrogen) atoms. The van der Waals surface area contributed by atoms with Gasteiger partial charge in [-0.1, -0.05) is 43.2 Å². The topological polar surface area (TPSA) is 59.6 Å². The van der Waals surface area contributed by atoms with Gasteiger partial charge in [-0.25, -0.2) is 4.79 Å². The number of carbonyl (C=O) groups excluding carboxylic acids is 1. The van der Waals surface area contributed by atoms with Crippen LogP contribution in [0.25, 0.3) is 0 Å². The predicted octanol–water partition coefficient (Wildman–Crippen LogP) is 5.07. The maximum Gasteiger partial charge on any atom is 0.319 e. The molecule has 0 aromatic heterocycles. The lowest BCUT2D eigenvalue weighted by atomic mass is 10.1. The number of nitrogens with one attached hydrogen (secondary N) is 2. The molecule has 0 radical (unpaired) electrons. The van der Waals surface area contributed by atoms with Gasteiger partial charge in [0.25, 0.3) is 0 Å². The van der Waals surface area contributed by atoms with E-state index in [0.717, 1.165) is 18.4 Å². The molecule has 140 valence electrons. The Morgan fingerprint density at radius 2 is 1.85 bits per heavy atom. The van der Waals surface area contributed by atoms with Crippen molar-refractivity contribution in [2.45, 2.75) is 39.7 Å². The van der Waals surface area contributed by atoms with Crippen LogP contribution < -0.4 is 20.1 Å². The number of hydrogen-bond acceptors (Lipinski definition) is 3. The van der Waals surface area contributed by atoms with E-state index in [0.29, 0.717) is 23.8 Å². The number of hydrogen-bond donors (Lipinski definition) is 2. The van der Waals surface area contributed by atoms with Gasteiger partial charge in [-0.15, -0.1) is 0 Å². The quantitative estimate of drug-likeness (QED) is 0.650. The third-order valence-corrected chi connectivity index (χ3v) is 4.10. The van der Waals surface area contributed by atoms with E-state index >= 15 is 0 Å². The number of amides is 2. The maximum atomic E-state index is 12.3. The van der Waals surface area contributed by atoms with E-state index < -0.39 is 0 Å². The molecule has 0 aliphatic heterocycles. The van der Waals surface area contributed by atoms with Crippen molar-refractivity contribution in [3.8, 4) is 11.5 Å². The van der Waals surface area contributed by atoms with E-state index in [-0.39, 0.29) is 12.1 Å². The van der Waals surface area contributed by atoms with Crippen molar-refractivity contribution < 1.29 is 14.3 Å². The fraction of sp³-hybridized carbons (Fsp3) is 0.381. The molecule has 2 aromatic carbocycles. The Morgan fingerprint density at radius 3 is 2.50 bits per heavy atom. The smallest absolute Gasteiger partial charge is 0.319 e. The first-order valence-electron chi connectivity index (χ1n) is 8.98. The lowest BCUT2D eigenvalue weighted by molar-refractivity contribution is 0.249. The number of anilines is 1. The molecule has 2 N–H and O–H groups in total. The van der Waals surface area contributed by atoms with E-state index in [2.05, 4.69) is 17.6 Å². The first-order valence-corrected chi connectivity index (χ1v) is 8.98. The molecule has 0 unspecified atom stereocenters. The van der Waals surface area contributed by atoms with Crippen LogP contribution in [0.3, 0.4) is 0 Å². The number of unbranched alkanes of at least 4 members (excludes halogenated alkanes) is 1. The number of aryl methyl sites for hydroxylation is 1. The molecule has 2 amide bonds. The maximum absolute atomic E-state index is 12.3. The molecular weight excluding hydrogens is 328 g/mol. The average Bonchev–Trinajstić information content (AvgIpc) is 2.62. The van der Waals surface area contributed by atoms with E-state index in [1.165, 1.54) is 5.56 Å². The third kappa shape index (κ3) is 5.69. The molecule has 2 aromatic rings.